The fourth-order valence-electron chi connectivity index (χ4n) is 2.46. The molecule has 21 heavy (non-hydrogen) atoms. The zero-order chi connectivity index (χ0) is 15.5. The quantitative estimate of drug-likeness (QED) is 0.732. The zero-order valence-corrected chi connectivity index (χ0v) is 12.9. The second-order valence-corrected chi connectivity index (χ2v) is 6.45. The molecule has 1 heterocycles. The molecule has 1 fully saturated rings. The van der Waals surface area contributed by atoms with E-state index in [-0.39, 0.29) is 5.75 Å². The molecule has 1 unspecified atom stereocenters. The maximum atomic E-state index is 11.7. The smallest absolute Gasteiger partial charge is 0.412 e. The van der Waals surface area contributed by atoms with E-state index < -0.39 is 11.7 Å². The van der Waals surface area contributed by atoms with Gasteiger partial charge in [0.15, 0.2) is 0 Å². The van der Waals surface area contributed by atoms with E-state index in [1.165, 1.54) is 0 Å². The Morgan fingerprint density at radius 2 is 2.19 bits per heavy atom. The number of benzene rings is 1. The first kappa shape index (κ1) is 15.6. The molecule has 3 N–H and O–H groups in total. The molecular weight excluding hydrogens is 268 g/mol. The Bertz CT molecular complexity index is 503. The Balaban J connectivity index is 2.03. The van der Waals surface area contributed by atoms with Crippen LogP contribution in [-0.2, 0) is 4.74 Å². The number of carbonyl (C=O) groups is 1. The van der Waals surface area contributed by atoms with Crippen molar-refractivity contribution >= 4 is 11.8 Å². The van der Waals surface area contributed by atoms with Crippen LogP contribution in [0.2, 0.25) is 0 Å². The molecule has 5 nitrogen and oxygen atoms in total. The van der Waals surface area contributed by atoms with Crippen LogP contribution < -0.4 is 10.6 Å². The summed E-state index contributed by atoms with van der Waals surface area (Å²) in [6, 6.07) is 5.40. The number of hydrogen-bond acceptors (Lipinski definition) is 4. The van der Waals surface area contributed by atoms with E-state index in [1.54, 1.807) is 32.9 Å². The van der Waals surface area contributed by atoms with E-state index >= 15 is 0 Å². The van der Waals surface area contributed by atoms with Crippen LogP contribution in [0.4, 0.5) is 10.5 Å². The molecule has 1 aromatic carbocycles. The first-order valence-corrected chi connectivity index (χ1v) is 7.39. The third-order valence-corrected chi connectivity index (χ3v) is 3.43. The Morgan fingerprint density at radius 3 is 2.76 bits per heavy atom. The van der Waals surface area contributed by atoms with Crippen molar-refractivity contribution in [1.29, 1.82) is 0 Å². The van der Waals surface area contributed by atoms with E-state index in [4.69, 9.17) is 4.74 Å². The van der Waals surface area contributed by atoms with Gasteiger partial charge in [-0.2, -0.15) is 0 Å². The van der Waals surface area contributed by atoms with Crippen LogP contribution in [0.25, 0.3) is 0 Å². The average molecular weight is 292 g/mol. The van der Waals surface area contributed by atoms with Gasteiger partial charge < -0.3 is 15.2 Å². The number of phenols is 1. The second kappa shape index (κ2) is 6.35. The maximum Gasteiger partial charge on any atom is 0.412 e. The van der Waals surface area contributed by atoms with E-state index in [1.807, 2.05) is 6.07 Å². The van der Waals surface area contributed by atoms with E-state index in [2.05, 4.69) is 10.6 Å². The van der Waals surface area contributed by atoms with Crippen molar-refractivity contribution in [2.75, 3.05) is 18.4 Å². The van der Waals surface area contributed by atoms with E-state index in [9.17, 15) is 9.90 Å². The first-order valence-electron chi connectivity index (χ1n) is 7.39. The molecule has 1 aliphatic rings. The topological polar surface area (TPSA) is 70.6 Å². The second-order valence-electron chi connectivity index (χ2n) is 6.45. The molecule has 0 spiro atoms. The lowest BCUT2D eigenvalue weighted by molar-refractivity contribution is 0.0635. The summed E-state index contributed by atoms with van der Waals surface area (Å²) in [5.74, 6) is 0.490. The van der Waals surface area contributed by atoms with Crippen LogP contribution in [0, 0.1) is 0 Å². The Kier molecular flexibility index (Phi) is 4.73. The summed E-state index contributed by atoms with van der Waals surface area (Å²) in [5, 5.41) is 16.0. The highest BCUT2D eigenvalue weighted by atomic mass is 16.6. The summed E-state index contributed by atoms with van der Waals surface area (Å²) in [5.41, 5.74) is 0.902. The highest BCUT2D eigenvalue weighted by molar-refractivity contribution is 5.86. The molecule has 1 saturated heterocycles. The first-order chi connectivity index (χ1) is 9.85. The van der Waals surface area contributed by atoms with Gasteiger partial charge in [0, 0.05) is 6.54 Å². The van der Waals surface area contributed by atoms with Gasteiger partial charge in [0.2, 0.25) is 0 Å². The molecule has 2 rings (SSSR count). The van der Waals surface area contributed by atoms with Crippen molar-refractivity contribution in [2.24, 2.45) is 0 Å². The van der Waals surface area contributed by atoms with Gasteiger partial charge in [-0.3, -0.25) is 5.32 Å². The van der Waals surface area contributed by atoms with Crippen molar-refractivity contribution in [3.8, 4) is 5.75 Å². The van der Waals surface area contributed by atoms with Gasteiger partial charge in [-0.25, -0.2) is 4.79 Å². The number of phenolic OH excluding ortho intramolecular Hbond substituents is 1. The molecule has 0 saturated carbocycles. The Hall–Kier alpha value is -1.75. The average Bonchev–Trinajstić information content (AvgIpc) is 2.40. The van der Waals surface area contributed by atoms with Crippen molar-refractivity contribution in [3.05, 3.63) is 23.8 Å². The molecule has 1 aliphatic heterocycles. The lowest BCUT2D eigenvalue weighted by Crippen LogP contribution is -2.28. The minimum absolute atomic E-state index is 0.0731. The molecule has 1 amide bonds. The zero-order valence-electron chi connectivity index (χ0n) is 12.9. The molecule has 1 atom stereocenters. The van der Waals surface area contributed by atoms with E-state index in [0.717, 1.165) is 31.5 Å². The summed E-state index contributed by atoms with van der Waals surface area (Å²) in [6.07, 6.45) is 1.69. The number of piperidine rings is 1. The van der Waals surface area contributed by atoms with Crippen molar-refractivity contribution < 1.29 is 14.6 Å². The number of aromatic hydroxyl groups is 1. The molecule has 0 radical (unpaired) electrons. The van der Waals surface area contributed by atoms with Gasteiger partial charge in [0.05, 0.1) is 5.69 Å². The number of rotatable bonds is 2. The molecule has 1 aromatic rings. The predicted octanol–water partition coefficient (Wildman–Crippen LogP) is 3.21. The third kappa shape index (κ3) is 4.63. The number of anilines is 1. The molecular formula is C16H24N2O3. The van der Waals surface area contributed by atoms with Crippen LogP contribution in [-0.4, -0.2) is 29.9 Å². The number of carbonyl (C=O) groups excluding carboxylic acids is 1. The normalized spacial score (nSPS) is 19.1. The van der Waals surface area contributed by atoms with Crippen molar-refractivity contribution in [3.63, 3.8) is 0 Å². The standard InChI is InChI=1S/C16H24N2O3/c1-16(2,3)21-15(20)18-13-7-6-11(9-14(13)19)12-5-4-8-17-10-12/h6-7,9,12,17,19H,4-5,8,10H2,1-3H3,(H,18,20). The number of hydrogen-bond donors (Lipinski definition) is 3. The minimum atomic E-state index is -0.565. The number of nitrogens with one attached hydrogen (secondary N) is 2. The van der Waals surface area contributed by atoms with Gasteiger partial charge >= 0.3 is 6.09 Å². The molecule has 0 bridgehead atoms. The summed E-state index contributed by atoms with van der Waals surface area (Å²) < 4.78 is 5.17. The molecule has 116 valence electrons. The summed E-state index contributed by atoms with van der Waals surface area (Å²) >= 11 is 0. The van der Waals surface area contributed by atoms with Crippen LogP contribution in [0.1, 0.15) is 45.1 Å². The summed E-state index contributed by atoms with van der Waals surface area (Å²) in [6.45, 7) is 7.38. The van der Waals surface area contributed by atoms with E-state index in [0.29, 0.717) is 11.6 Å². The van der Waals surface area contributed by atoms with Crippen LogP contribution >= 0.6 is 0 Å². The van der Waals surface area contributed by atoms with Gasteiger partial charge in [-0.05, 0) is 63.8 Å². The maximum absolute atomic E-state index is 11.7. The fourth-order valence-corrected chi connectivity index (χ4v) is 2.46. The van der Waals surface area contributed by atoms with Gasteiger partial charge in [0.25, 0.3) is 0 Å². The fraction of sp³-hybridized carbons (Fsp3) is 0.562. The Labute approximate surface area is 125 Å². The molecule has 0 aliphatic carbocycles. The predicted molar refractivity (Wildman–Crippen MR) is 82.8 cm³/mol. The van der Waals surface area contributed by atoms with Crippen molar-refractivity contribution in [1.82, 2.24) is 5.32 Å². The monoisotopic (exact) mass is 292 g/mol. The highest BCUT2D eigenvalue weighted by Crippen LogP contribution is 2.31. The van der Waals surface area contributed by atoms with Crippen LogP contribution in [0.5, 0.6) is 5.75 Å². The van der Waals surface area contributed by atoms with Gasteiger partial charge in [-0.15, -0.1) is 0 Å². The molecule has 5 heteroatoms. The van der Waals surface area contributed by atoms with Crippen LogP contribution in [0.15, 0.2) is 18.2 Å². The largest absolute Gasteiger partial charge is 0.506 e. The minimum Gasteiger partial charge on any atom is -0.506 e. The van der Waals surface area contributed by atoms with Crippen molar-refractivity contribution in [2.45, 2.75) is 45.1 Å². The lowest BCUT2D eigenvalue weighted by Gasteiger charge is -2.24. The number of amides is 1. The Morgan fingerprint density at radius 1 is 1.43 bits per heavy atom. The highest BCUT2D eigenvalue weighted by Gasteiger charge is 2.19. The third-order valence-electron chi connectivity index (χ3n) is 3.43. The SMILES string of the molecule is CC(C)(C)OC(=O)Nc1ccc(C2CCCNC2)cc1O. The summed E-state index contributed by atoms with van der Waals surface area (Å²) in [4.78, 5) is 11.7. The summed E-state index contributed by atoms with van der Waals surface area (Å²) in [7, 11) is 0. The number of ether oxygens (including phenoxy) is 1. The van der Waals surface area contributed by atoms with Crippen LogP contribution in [0.3, 0.4) is 0 Å². The van der Waals surface area contributed by atoms with Gasteiger partial charge in [0.1, 0.15) is 11.4 Å². The lowest BCUT2D eigenvalue weighted by atomic mass is 9.91. The molecule has 0 aromatic heterocycles. The van der Waals surface area contributed by atoms with Gasteiger partial charge in [-0.1, -0.05) is 6.07 Å².